The zero-order chi connectivity index (χ0) is 20.1. The minimum absolute atomic E-state index is 0.110. The molecule has 28 heavy (non-hydrogen) atoms. The van der Waals surface area contributed by atoms with Crippen molar-refractivity contribution in [1.29, 1.82) is 0 Å². The van der Waals surface area contributed by atoms with Crippen LogP contribution in [0.1, 0.15) is 41.5 Å². The first-order valence-corrected chi connectivity index (χ1v) is 9.43. The SMILES string of the molecule is COc1ccc(C(=O)NC2CC2)cc1NC(=O)N[C@H](C)Cc1cccc(C)n1. The molecule has 1 atom stereocenters. The van der Waals surface area contributed by atoms with Gasteiger partial charge in [0.1, 0.15) is 5.75 Å². The molecule has 1 aromatic heterocycles. The molecule has 0 bridgehead atoms. The van der Waals surface area contributed by atoms with E-state index in [2.05, 4.69) is 20.9 Å². The van der Waals surface area contributed by atoms with Crippen molar-refractivity contribution in [3.05, 3.63) is 53.3 Å². The van der Waals surface area contributed by atoms with E-state index in [9.17, 15) is 9.59 Å². The summed E-state index contributed by atoms with van der Waals surface area (Å²) in [4.78, 5) is 29.1. The number of ether oxygens (including phenoxy) is 1. The van der Waals surface area contributed by atoms with Crippen molar-refractivity contribution in [3.63, 3.8) is 0 Å². The van der Waals surface area contributed by atoms with Crippen LogP contribution in [0.2, 0.25) is 0 Å². The van der Waals surface area contributed by atoms with Gasteiger partial charge in [0, 0.05) is 35.5 Å². The Morgan fingerprint density at radius 2 is 2.04 bits per heavy atom. The van der Waals surface area contributed by atoms with Crippen molar-refractivity contribution in [3.8, 4) is 5.75 Å². The van der Waals surface area contributed by atoms with E-state index in [-0.39, 0.29) is 24.0 Å². The van der Waals surface area contributed by atoms with Crippen LogP contribution in [-0.4, -0.2) is 36.1 Å². The highest BCUT2D eigenvalue weighted by Crippen LogP contribution is 2.26. The Balaban J connectivity index is 1.62. The standard InChI is InChI=1S/C21H26N4O3/c1-13-5-4-6-17(22-13)11-14(2)23-21(27)25-18-12-15(7-10-19(18)28-3)20(26)24-16-8-9-16/h4-7,10,12,14,16H,8-9,11H2,1-3H3,(H,24,26)(H2,23,25,27)/t14-/m1/s1. The van der Waals surface area contributed by atoms with Crippen molar-refractivity contribution in [2.45, 2.75) is 45.2 Å². The highest BCUT2D eigenvalue weighted by atomic mass is 16.5. The lowest BCUT2D eigenvalue weighted by Crippen LogP contribution is -2.37. The first-order valence-electron chi connectivity index (χ1n) is 9.43. The highest BCUT2D eigenvalue weighted by molar-refractivity contribution is 5.98. The maximum atomic E-state index is 12.4. The Kier molecular flexibility index (Phi) is 6.13. The molecule has 0 aliphatic heterocycles. The molecule has 7 nitrogen and oxygen atoms in total. The van der Waals surface area contributed by atoms with Crippen LogP contribution in [0.3, 0.4) is 0 Å². The van der Waals surface area contributed by atoms with Gasteiger partial charge in [-0.1, -0.05) is 6.07 Å². The second-order valence-electron chi connectivity index (χ2n) is 7.14. The van der Waals surface area contributed by atoms with Crippen molar-refractivity contribution >= 4 is 17.6 Å². The number of aromatic nitrogens is 1. The topological polar surface area (TPSA) is 92.4 Å². The second-order valence-corrected chi connectivity index (χ2v) is 7.14. The lowest BCUT2D eigenvalue weighted by atomic mass is 10.1. The minimum Gasteiger partial charge on any atom is -0.495 e. The summed E-state index contributed by atoms with van der Waals surface area (Å²) in [7, 11) is 1.52. The Labute approximate surface area is 164 Å². The van der Waals surface area contributed by atoms with Gasteiger partial charge in [0.05, 0.1) is 12.8 Å². The van der Waals surface area contributed by atoms with E-state index in [1.807, 2.05) is 32.0 Å². The van der Waals surface area contributed by atoms with Crippen LogP contribution >= 0.6 is 0 Å². The predicted molar refractivity (Wildman–Crippen MR) is 108 cm³/mol. The molecule has 7 heteroatoms. The Hall–Kier alpha value is -3.09. The van der Waals surface area contributed by atoms with Crippen molar-refractivity contribution in [2.75, 3.05) is 12.4 Å². The Morgan fingerprint density at radius 3 is 2.71 bits per heavy atom. The van der Waals surface area contributed by atoms with E-state index in [0.29, 0.717) is 23.4 Å². The van der Waals surface area contributed by atoms with E-state index in [1.165, 1.54) is 7.11 Å². The van der Waals surface area contributed by atoms with Gasteiger partial charge in [-0.15, -0.1) is 0 Å². The number of carbonyl (C=O) groups is 2. The normalized spacial score (nSPS) is 14.1. The number of hydrogen-bond acceptors (Lipinski definition) is 4. The monoisotopic (exact) mass is 382 g/mol. The van der Waals surface area contributed by atoms with E-state index in [1.54, 1.807) is 18.2 Å². The molecule has 1 saturated carbocycles. The van der Waals surface area contributed by atoms with Crippen molar-refractivity contribution in [1.82, 2.24) is 15.6 Å². The summed E-state index contributed by atoms with van der Waals surface area (Å²) < 4.78 is 5.30. The summed E-state index contributed by atoms with van der Waals surface area (Å²) in [5.41, 5.74) is 2.80. The molecule has 2 aromatic rings. The first-order chi connectivity index (χ1) is 13.4. The van der Waals surface area contributed by atoms with E-state index < -0.39 is 0 Å². The van der Waals surface area contributed by atoms with Crippen LogP contribution in [0.15, 0.2) is 36.4 Å². The van der Waals surface area contributed by atoms with Crippen LogP contribution in [0.4, 0.5) is 10.5 Å². The van der Waals surface area contributed by atoms with Crippen LogP contribution in [0.25, 0.3) is 0 Å². The summed E-state index contributed by atoms with van der Waals surface area (Å²) in [5.74, 6) is 0.346. The molecule has 3 rings (SSSR count). The number of nitrogens with one attached hydrogen (secondary N) is 3. The van der Waals surface area contributed by atoms with Gasteiger partial charge in [0.2, 0.25) is 0 Å². The molecule has 0 spiro atoms. The Bertz CT molecular complexity index is 864. The lowest BCUT2D eigenvalue weighted by Gasteiger charge is -2.16. The van der Waals surface area contributed by atoms with Gasteiger partial charge >= 0.3 is 6.03 Å². The van der Waals surface area contributed by atoms with E-state index >= 15 is 0 Å². The molecular weight excluding hydrogens is 356 g/mol. The number of rotatable bonds is 7. The van der Waals surface area contributed by atoms with Gasteiger partial charge in [0.25, 0.3) is 5.91 Å². The number of benzene rings is 1. The third kappa shape index (κ3) is 5.45. The van der Waals surface area contributed by atoms with E-state index in [0.717, 1.165) is 24.2 Å². The summed E-state index contributed by atoms with van der Waals surface area (Å²) in [5, 5.41) is 8.61. The fourth-order valence-electron chi connectivity index (χ4n) is 2.90. The number of anilines is 1. The van der Waals surface area contributed by atoms with Crippen molar-refractivity contribution < 1.29 is 14.3 Å². The molecule has 148 valence electrons. The maximum absolute atomic E-state index is 12.4. The number of pyridine rings is 1. The molecule has 3 N–H and O–H groups in total. The molecule has 1 aromatic carbocycles. The van der Waals surface area contributed by atoms with Gasteiger partial charge in [-0.3, -0.25) is 9.78 Å². The summed E-state index contributed by atoms with van der Waals surface area (Å²) >= 11 is 0. The summed E-state index contributed by atoms with van der Waals surface area (Å²) in [6.45, 7) is 3.85. The molecule has 1 fully saturated rings. The zero-order valence-corrected chi connectivity index (χ0v) is 16.4. The molecule has 0 radical (unpaired) electrons. The fraction of sp³-hybridized carbons (Fsp3) is 0.381. The van der Waals surface area contributed by atoms with Gasteiger partial charge in [-0.05, 0) is 57.0 Å². The first kappa shape index (κ1) is 19.7. The number of amides is 3. The summed E-state index contributed by atoms with van der Waals surface area (Å²) in [6.07, 6.45) is 2.66. The third-order valence-corrected chi connectivity index (χ3v) is 4.46. The molecular formula is C21H26N4O3. The van der Waals surface area contributed by atoms with Gasteiger partial charge < -0.3 is 20.7 Å². The molecule has 3 amide bonds. The van der Waals surface area contributed by atoms with Crippen LogP contribution < -0.4 is 20.7 Å². The summed E-state index contributed by atoms with van der Waals surface area (Å²) in [6, 6.07) is 10.6. The van der Waals surface area contributed by atoms with Gasteiger partial charge in [-0.25, -0.2) is 4.79 Å². The average molecular weight is 382 g/mol. The van der Waals surface area contributed by atoms with Crippen LogP contribution in [-0.2, 0) is 6.42 Å². The third-order valence-electron chi connectivity index (χ3n) is 4.46. The number of hydrogen-bond donors (Lipinski definition) is 3. The highest BCUT2D eigenvalue weighted by Gasteiger charge is 2.24. The average Bonchev–Trinajstić information content (AvgIpc) is 3.45. The number of nitrogens with zero attached hydrogens (tertiary/aromatic N) is 1. The largest absolute Gasteiger partial charge is 0.495 e. The van der Waals surface area contributed by atoms with E-state index in [4.69, 9.17) is 4.74 Å². The second kappa shape index (κ2) is 8.73. The molecule has 0 unspecified atom stereocenters. The smallest absolute Gasteiger partial charge is 0.319 e. The number of carbonyl (C=O) groups excluding carboxylic acids is 2. The zero-order valence-electron chi connectivity index (χ0n) is 16.4. The Morgan fingerprint density at radius 1 is 1.25 bits per heavy atom. The minimum atomic E-state index is -0.363. The lowest BCUT2D eigenvalue weighted by molar-refractivity contribution is 0.0951. The van der Waals surface area contributed by atoms with Gasteiger partial charge in [-0.2, -0.15) is 0 Å². The molecule has 1 heterocycles. The van der Waals surface area contributed by atoms with Crippen LogP contribution in [0, 0.1) is 6.92 Å². The fourth-order valence-corrected chi connectivity index (χ4v) is 2.90. The molecule has 1 aliphatic carbocycles. The number of aryl methyl sites for hydroxylation is 1. The molecule has 0 saturated heterocycles. The van der Waals surface area contributed by atoms with Crippen molar-refractivity contribution in [2.24, 2.45) is 0 Å². The quantitative estimate of drug-likeness (QED) is 0.686. The molecule has 1 aliphatic rings. The van der Waals surface area contributed by atoms with Gasteiger partial charge in [0.15, 0.2) is 0 Å². The van der Waals surface area contributed by atoms with Crippen LogP contribution in [0.5, 0.6) is 5.75 Å². The maximum Gasteiger partial charge on any atom is 0.319 e. The number of urea groups is 1. The number of methoxy groups -OCH3 is 1. The predicted octanol–water partition coefficient (Wildman–Crippen LogP) is 3.04.